The van der Waals surface area contributed by atoms with Gasteiger partial charge in [0.25, 0.3) is 0 Å². The molecule has 5 nitrogen and oxygen atoms in total. The zero-order valence-electron chi connectivity index (χ0n) is 17.4. The third kappa shape index (κ3) is 8.35. The van der Waals surface area contributed by atoms with Crippen molar-refractivity contribution in [3.05, 3.63) is 35.4 Å². The highest BCUT2D eigenvalue weighted by molar-refractivity contribution is 14.0. The molecule has 27 heavy (non-hydrogen) atoms. The molecule has 0 aromatic heterocycles. The predicted molar refractivity (Wildman–Crippen MR) is 125 cm³/mol. The summed E-state index contributed by atoms with van der Waals surface area (Å²) >= 11 is 0. The van der Waals surface area contributed by atoms with Gasteiger partial charge < -0.3 is 15.0 Å². The van der Waals surface area contributed by atoms with Crippen molar-refractivity contribution < 1.29 is 4.74 Å². The van der Waals surface area contributed by atoms with Crippen molar-refractivity contribution in [2.75, 3.05) is 46.4 Å². The molecule has 1 aromatic carbocycles. The Morgan fingerprint density at radius 3 is 2.59 bits per heavy atom. The molecule has 0 amide bonds. The van der Waals surface area contributed by atoms with Crippen LogP contribution in [0.1, 0.15) is 38.3 Å². The lowest BCUT2D eigenvalue weighted by atomic mass is 10.1. The molecule has 1 aliphatic rings. The van der Waals surface area contributed by atoms with Gasteiger partial charge in [-0.25, -0.2) is 4.99 Å². The number of hydrogen-bond donors (Lipinski definition) is 1. The van der Waals surface area contributed by atoms with Gasteiger partial charge in [0.05, 0.1) is 13.2 Å². The summed E-state index contributed by atoms with van der Waals surface area (Å²) in [5.74, 6) is 1.59. The standard InChI is InChI=1S/C21H36N4O.HI/c1-5-22-21(24(4)15-20-11-12-26-17-20)23-14-18-9-8-10-19(13-18)16-25(6-2)7-3;/h8-10,13,20H,5-7,11-12,14-17H2,1-4H3,(H,22,23);1H. The summed E-state index contributed by atoms with van der Waals surface area (Å²) in [6.45, 7) is 14.1. The number of rotatable bonds is 9. The molecule has 1 unspecified atom stereocenters. The first-order valence-electron chi connectivity index (χ1n) is 10.0. The van der Waals surface area contributed by atoms with Crippen LogP contribution < -0.4 is 5.32 Å². The molecule has 6 heteroatoms. The van der Waals surface area contributed by atoms with Crippen molar-refractivity contribution in [1.29, 1.82) is 0 Å². The minimum absolute atomic E-state index is 0. The average molecular weight is 488 g/mol. The van der Waals surface area contributed by atoms with Crippen LogP contribution in [0.15, 0.2) is 29.3 Å². The normalized spacial score (nSPS) is 17.1. The molecule has 0 spiro atoms. The second kappa shape index (κ2) is 13.3. The Morgan fingerprint density at radius 2 is 1.96 bits per heavy atom. The van der Waals surface area contributed by atoms with Crippen LogP contribution >= 0.6 is 24.0 Å². The summed E-state index contributed by atoms with van der Waals surface area (Å²) < 4.78 is 5.50. The summed E-state index contributed by atoms with van der Waals surface area (Å²) in [6, 6.07) is 8.82. The lowest BCUT2D eigenvalue weighted by Gasteiger charge is -2.24. The minimum Gasteiger partial charge on any atom is -0.381 e. The molecule has 1 fully saturated rings. The Labute approximate surface area is 182 Å². The van der Waals surface area contributed by atoms with Crippen molar-refractivity contribution in [2.24, 2.45) is 10.9 Å². The Balaban J connectivity index is 0.00000364. The molecule has 1 N–H and O–H groups in total. The number of halogens is 1. The van der Waals surface area contributed by atoms with E-state index in [-0.39, 0.29) is 24.0 Å². The van der Waals surface area contributed by atoms with Crippen LogP contribution in [-0.2, 0) is 17.8 Å². The van der Waals surface area contributed by atoms with E-state index in [4.69, 9.17) is 9.73 Å². The zero-order chi connectivity index (χ0) is 18.8. The fourth-order valence-corrected chi connectivity index (χ4v) is 3.37. The van der Waals surface area contributed by atoms with Gasteiger partial charge in [-0.1, -0.05) is 38.1 Å². The lowest BCUT2D eigenvalue weighted by molar-refractivity contribution is 0.181. The summed E-state index contributed by atoms with van der Waals surface area (Å²) in [5, 5.41) is 3.42. The van der Waals surface area contributed by atoms with E-state index in [9.17, 15) is 0 Å². The predicted octanol–water partition coefficient (Wildman–Crippen LogP) is 3.58. The Kier molecular flexibility index (Phi) is 11.9. The first-order valence-corrected chi connectivity index (χ1v) is 10.0. The van der Waals surface area contributed by atoms with E-state index in [0.717, 1.165) is 58.3 Å². The first-order chi connectivity index (χ1) is 12.7. The fourth-order valence-electron chi connectivity index (χ4n) is 3.37. The van der Waals surface area contributed by atoms with Crippen molar-refractivity contribution in [3.8, 4) is 0 Å². The maximum absolute atomic E-state index is 5.50. The average Bonchev–Trinajstić information content (AvgIpc) is 3.16. The van der Waals surface area contributed by atoms with E-state index in [0.29, 0.717) is 12.5 Å². The maximum atomic E-state index is 5.50. The largest absolute Gasteiger partial charge is 0.381 e. The number of aliphatic imine (C=N–C) groups is 1. The van der Waals surface area contributed by atoms with Gasteiger partial charge in [-0.2, -0.15) is 0 Å². The van der Waals surface area contributed by atoms with Gasteiger partial charge in [0, 0.05) is 39.2 Å². The van der Waals surface area contributed by atoms with E-state index in [1.165, 1.54) is 11.1 Å². The van der Waals surface area contributed by atoms with Crippen LogP contribution in [0.25, 0.3) is 0 Å². The third-order valence-electron chi connectivity index (χ3n) is 4.96. The van der Waals surface area contributed by atoms with Crippen molar-refractivity contribution >= 4 is 29.9 Å². The second-order valence-corrected chi connectivity index (χ2v) is 7.06. The fraction of sp³-hybridized carbons (Fsp3) is 0.667. The van der Waals surface area contributed by atoms with Gasteiger partial charge in [-0.3, -0.25) is 4.90 Å². The molecule has 0 aliphatic carbocycles. The molecule has 0 bridgehead atoms. The third-order valence-corrected chi connectivity index (χ3v) is 4.96. The zero-order valence-corrected chi connectivity index (χ0v) is 19.7. The minimum atomic E-state index is 0. The van der Waals surface area contributed by atoms with Crippen LogP contribution in [0, 0.1) is 5.92 Å². The number of guanidine groups is 1. The number of ether oxygens (including phenoxy) is 1. The number of nitrogens with one attached hydrogen (secondary N) is 1. The van der Waals surface area contributed by atoms with E-state index in [1.807, 2.05) is 0 Å². The van der Waals surface area contributed by atoms with Crippen LogP contribution in [0.5, 0.6) is 0 Å². The highest BCUT2D eigenvalue weighted by Gasteiger charge is 2.19. The Hall–Kier alpha value is -0.860. The lowest BCUT2D eigenvalue weighted by Crippen LogP contribution is -2.41. The summed E-state index contributed by atoms with van der Waals surface area (Å²) in [6.07, 6.45) is 1.15. The number of nitrogens with zero attached hydrogens (tertiary/aromatic N) is 3. The van der Waals surface area contributed by atoms with E-state index >= 15 is 0 Å². The molecule has 1 heterocycles. The molecule has 1 saturated heterocycles. The highest BCUT2D eigenvalue weighted by Crippen LogP contribution is 2.14. The molecule has 1 atom stereocenters. The van der Waals surface area contributed by atoms with Crippen molar-refractivity contribution in [3.63, 3.8) is 0 Å². The molecular weight excluding hydrogens is 451 g/mol. The molecule has 154 valence electrons. The molecular formula is C21H37IN4O. The van der Waals surface area contributed by atoms with E-state index in [2.05, 4.69) is 67.2 Å². The molecule has 1 aromatic rings. The molecule has 0 saturated carbocycles. The quantitative estimate of drug-likeness (QED) is 0.328. The Morgan fingerprint density at radius 1 is 1.22 bits per heavy atom. The van der Waals surface area contributed by atoms with Gasteiger partial charge in [-0.05, 0) is 37.6 Å². The van der Waals surface area contributed by atoms with Gasteiger partial charge in [-0.15, -0.1) is 24.0 Å². The molecule has 2 rings (SSSR count). The summed E-state index contributed by atoms with van der Waals surface area (Å²) in [4.78, 5) is 9.54. The van der Waals surface area contributed by atoms with Gasteiger partial charge in [0.1, 0.15) is 0 Å². The van der Waals surface area contributed by atoms with Crippen LogP contribution in [0.3, 0.4) is 0 Å². The monoisotopic (exact) mass is 488 g/mol. The van der Waals surface area contributed by atoms with Crippen molar-refractivity contribution in [2.45, 2.75) is 40.3 Å². The summed E-state index contributed by atoms with van der Waals surface area (Å²) in [7, 11) is 2.12. The van der Waals surface area contributed by atoms with Crippen LogP contribution in [0.2, 0.25) is 0 Å². The van der Waals surface area contributed by atoms with Gasteiger partial charge in [0.15, 0.2) is 5.96 Å². The van der Waals surface area contributed by atoms with E-state index < -0.39 is 0 Å². The molecule has 0 radical (unpaired) electrons. The Bertz CT molecular complexity index is 557. The number of benzene rings is 1. The van der Waals surface area contributed by atoms with Gasteiger partial charge in [0.2, 0.25) is 0 Å². The highest BCUT2D eigenvalue weighted by atomic mass is 127. The van der Waals surface area contributed by atoms with Crippen LogP contribution in [-0.4, -0.2) is 62.2 Å². The van der Waals surface area contributed by atoms with Crippen molar-refractivity contribution in [1.82, 2.24) is 15.1 Å². The number of hydrogen-bond acceptors (Lipinski definition) is 3. The first kappa shape index (κ1) is 24.2. The summed E-state index contributed by atoms with van der Waals surface area (Å²) in [5.41, 5.74) is 2.63. The SMILES string of the molecule is CCNC(=NCc1cccc(CN(CC)CC)c1)N(C)CC1CCOC1.I. The van der Waals surface area contributed by atoms with Gasteiger partial charge >= 0.3 is 0 Å². The topological polar surface area (TPSA) is 40.1 Å². The maximum Gasteiger partial charge on any atom is 0.193 e. The van der Waals surface area contributed by atoms with E-state index in [1.54, 1.807) is 0 Å². The van der Waals surface area contributed by atoms with Crippen LogP contribution in [0.4, 0.5) is 0 Å². The smallest absolute Gasteiger partial charge is 0.193 e. The molecule has 1 aliphatic heterocycles. The second-order valence-electron chi connectivity index (χ2n) is 7.06.